The zero-order valence-corrected chi connectivity index (χ0v) is 16.4. The second-order valence-corrected chi connectivity index (χ2v) is 8.20. The Kier molecular flexibility index (Phi) is 7.87. The fraction of sp³-hybridized carbons (Fsp3) is 0.588. The Morgan fingerprint density at radius 2 is 1.84 bits per heavy atom. The lowest BCUT2D eigenvalue weighted by atomic mass is 9.84. The summed E-state index contributed by atoms with van der Waals surface area (Å²) in [5, 5.41) is 8.24. The van der Waals surface area contributed by atoms with Gasteiger partial charge in [0, 0.05) is 18.2 Å². The van der Waals surface area contributed by atoms with Crippen LogP contribution in [0.1, 0.15) is 53.6 Å². The third-order valence-electron chi connectivity index (χ3n) is 4.98. The number of primary sulfonamides is 1. The molecule has 1 amide bonds. The number of hydrogen-bond donors (Lipinski definition) is 3. The van der Waals surface area contributed by atoms with Crippen LogP contribution in [0.25, 0.3) is 0 Å². The van der Waals surface area contributed by atoms with Crippen molar-refractivity contribution in [1.82, 2.24) is 5.32 Å². The lowest BCUT2D eigenvalue weighted by Gasteiger charge is -2.30. The highest BCUT2D eigenvalue weighted by Gasteiger charge is 2.25. The predicted molar refractivity (Wildman–Crippen MR) is 101 cm³/mol. The van der Waals surface area contributed by atoms with Gasteiger partial charge >= 0.3 is 0 Å². The van der Waals surface area contributed by atoms with Gasteiger partial charge in [-0.2, -0.15) is 0 Å². The molecule has 1 aromatic rings. The van der Waals surface area contributed by atoms with Crippen LogP contribution in [0.15, 0.2) is 17.0 Å². The molecule has 0 aromatic heterocycles. The van der Waals surface area contributed by atoms with Crippen molar-refractivity contribution in [1.29, 1.82) is 0 Å². The first-order valence-electron chi connectivity index (χ1n) is 8.39. The molecule has 2 rings (SSSR count). The molecule has 0 aliphatic heterocycles. The third-order valence-corrected chi connectivity index (χ3v) is 6.01. The van der Waals surface area contributed by atoms with Crippen LogP contribution in [0.4, 0.5) is 0 Å². The standard InChI is InChI=1S/C17H27N3O3S.ClH/c1-11-8-14(9-16(12(11)2)24(19,22)23)17(21)20-15(10-18)13-6-4-3-5-7-13;/h8-9,13,15H,3-7,10,18H2,1-2H3,(H,20,21)(H2,19,22,23);1H. The number of benzene rings is 1. The fourth-order valence-corrected chi connectivity index (χ4v) is 4.29. The summed E-state index contributed by atoms with van der Waals surface area (Å²) in [4.78, 5) is 12.6. The van der Waals surface area contributed by atoms with E-state index in [9.17, 15) is 13.2 Å². The molecule has 25 heavy (non-hydrogen) atoms. The first-order chi connectivity index (χ1) is 11.2. The molecule has 8 heteroatoms. The first-order valence-corrected chi connectivity index (χ1v) is 9.93. The number of nitrogens with two attached hydrogens (primary N) is 2. The Morgan fingerprint density at radius 1 is 1.24 bits per heavy atom. The van der Waals surface area contributed by atoms with Gasteiger partial charge in [0.1, 0.15) is 0 Å². The van der Waals surface area contributed by atoms with E-state index in [1.807, 2.05) is 0 Å². The molecule has 5 N–H and O–H groups in total. The molecule has 0 saturated heterocycles. The maximum atomic E-state index is 12.6. The molecular formula is C17H28ClN3O3S. The average Bonchev–Trinajstić information content (AvgIpc) is 2.54. The molecule has 1 aliphatic carbocycles. The summed E-state index contributed by atoms with van der Waals surface area (Å²) in [5.41, 5.74) is 7.44. The van der Waals surface area contributed by atoms with Crippen LogP contribution in [-0.2, 0) is 10.0 Å². The van der Waals surface area contributed by atoms with Crippen molar-refractivity contribution in [3.8, 4) is 0 Å². The molecule has 1 aromatic carbocycles. The Morgan fingerprint density at radius 3 is 2.36 bits per heavy atom. The molecular weight excluding hydrogens is 362 g/mol. The van der Waals surface area contributed by atoms with Crippen molar-refractivity contribution in [2.24, 2.45) is 16.8 Å². The van der Waals surface area contributed by atoms with Crippen LogP contribution in [0, 0.1) is 19.8 Å². The van der Waals surface area contributed by atoms with Crippen LogP contribution < -0.4 is 16.2 Å². The van der Waals surface area contributed by atoms with Gasteiger partial charge in [0.05, 0.1) is 4.90 Å². The smallest absolute Gasteiger partial charge is 0.251 e. The van der Waals surface area contributed by atoms with Crippen LogP contribution in [0.5, 0.6) is 0 Å². The second-order valence-electron chi connectivity index (χ2n) is 6.68. The highest BCUT2D eigenvalue weighted by atomic mass is 35.5. The Balaban J connectivity index is 0.00000312. The summed E-state index contributed by atoms with van der Waals surface area (Å²) in [6.07, 6.45) is 5.69. The van der Waals surface area contributed by atoms with E-state index in [0.29, 0.717) is 29.2 Å². The minimum Gasteiger partial charge on any atom is -0.348 e. The van der Waals surface area contributed by atoms with Crippen molar-refractivity contribution < 1.29 is 13.2 Å². The summed E-state index contributed by atoms with van der Waals surface area (Å²) < 4.78 is 23.5. The quantitative estimate of drug-likeness (QED) is 0.714. The van der Waals surface area contributed by atoms with Gasteiger partial charge in [-0.1, -0.05) is 19.3 Å². The van der Waals surface area contributed by atoms with E-state index in [0.717, 1.165) is 25.7 Å². The highest BCUT2D eigenvalue weighted by molar-refractivity contribution is 7.89. The van der Waals surface area contributed by atoms with Gasteiger partial charge in [-0.3, -0.25) is 4.79 Å². The number of rotatable bonds is 5. The van der Waals surface area contributed by atoms with Crippen LogP contribution in [-0.4, -0.2) is 26.9 Å². The van der Waals surface area contributed by atoms with Gasteiger partial charge in [-0.05, 0) is 55.9 Å². The minimum atomic E-state index is -3.87. The molecule has 1 aliphatic rings. The van der Waals surface area contributed by atoms with Crippen molar-refractivity contribution >= 4 is 28.3 Å². The molecule has 0 spiro atoms. The number of nitrogens with one attached hydrogen (secondary N) is 1. The van der Waals surface area contributed by atoms with E-state index >= 15 is 0 Å². The molecule has 1 saturated carbocycles. The monoisotopic (exact) mass is 389 g/mol. The van der Waals surface area contributed by atoms with Crippen molar-refractivity contribution in [3.05, 3.63) is 28.8 Å². The Hall–Kier alpha value is -1.15. The number of aryl methyl sites for hydroxylation is 1. The second kappa shape index (κ2) is 8.98. The Bertz CT molecular complexity index is 716. The Labute approximate surface area is 156 Å². The van der Waals surface area contributed by atoms with E-state index in [1.165, 1.54) is 12.5 Å². The fourth-order valence-electron chi connectivity index (χ4n) is 3.41. The SMILES string of the molecule is Cc1cc(C(=O)NC(CN)C2CCCCC2)cc(S(N)(=O)=O)c1C.Cl. The summed E-state index contributed by atoms with van der Waals surface area (Å²) in [7, 11) is -3.87. The van der Waals surface area contributed by atoms with E-state index in [4.69, 9.17) is 10.9 Å². The number of carbonyl (C=O) groups excluding carboxylic acids is 1. The summed E-state index contributed by atoms with van der Waals surface area (Å²) in [5.74, 6) is 0.0842. The lowest BCUT2D eigenvalue weighted by Crippen LogP contribution is -2.46. The van der Waals surface area contributed by atoms with E-state index < -0.39 is 10.0 Å². The van der Waals surface area contributed by atoms with E-state index in [-0.39, 0.29) is 29.3 Å². The normalized spacial score (nSPS) is 16.8. The molecule has 1 unspecified atom stereocenters. The van der Waals surface area contributed by atoms with Gasteiger partial charge in [-0.25, -0.2) is 13.6 Å². The van der Waals surface area contributed by atoms with Crippen LogP contribution in [0.2, 0.25) is 0 Å². The topological polar surface area (TPSA) is 115 Å². The average molecular weight is 390 g/mol. The maximum Gasteiger partial charge on any atom is 0.251 e. The molecule has 0 bridgehead atoms. The van der Waals surface area contributed by atoms with Gasteiger partial charge in [0.15, 0.2) is 0 Å². The summed E-state index contributed by atoms with van der Waals surface area (Å²) in [6, 6.07) is 2.95. The van der Waals surface area contributed by atoms with Crippen molar-refractivity contribution in [2.45, 2.75) is 56.9 Å². The van der Waals surface area contributed by atoms with E-state index in [2.05, 4.69) is 5.32 Å². The summed E-state index contributed by atoms with van der Waals surface area (Å²) in [6.45, 7) is 3.83. The largest absolute Gasteiger partial charge is 0.348 e. The number of halogens is 1. The zero-order valence-electron chi connectivity index (χ0n) is 14.7. The molecule has 1 atom stereocenters. The molecule has 6 nitrogen and oxygen atoms in total. The van der Waals surface area contributed by atoms with Crippen LogP contribution >= 0.6 is 12.4 Å². The highest BCUT2D eigenvalue weighted by Crippen LogP contribution is 2.26. The number of amides is 1. The van der Waals surface area contributed by atoms with Gasteiger partial charge in [0.2, 0.25) is 10.0 Å². The molecule has 142 valence electrons. The van der Waals surface area contributed by atoms with Gasteiger partial charge < -0.3 is 11.1 Å². The van der Waals surface area contributed by atoms with Gasteiger partial charge in [0.25, 0.3) is 5.91 Å². The number of hydrogen-bond acceptors (Lipinski definition) is 4. The van der Waals surface area contributed by atoms with Crippen molar-refractivity contribution in [2.75, 3.05) is 6.54 Å². The lowest BCUT2D eigenvalue weighted by molar-refractivity contribution is 0.0915. The zero-order chi connectivity index (χ0) is 17.9. The minimum absolute atomic E-state index is 0. The summed E-state index contributed by atoms with van der Waals surface area (Å²) >= 11 is 0. The van der Waals surface area contributed by atoms with Gasteiger partial charge in [-0.15, -0.1) is 12.4 Å². The number of sulfonamides is 1. The predicted octanol–water partition coefficient (Wildman–Crippen LogP) is 2.01. The molecule has 1 fully saturated rings. The third kappa shape index (κ3) is 5.41. The maximum absolute atomic E-state index is 12.6. The first kappa shape index (κ1) is 21.9. The molecule has 0 radical (unpaired) electrons. The molecule has 0 heterocycles. The van der Waals surface area contributed by atoms with Crippen molar-refractivity contribution in [3.63, 3.8) is 0 Å². The van der Waals surface area contributed by atoms with Crippen LogP contribution in [0.3, 0.4) is 0 Å². The number of carbonyl (C=O) groups is 1. The van der Waals surface area contributed by atoms with E-state index in [1.54, 1.807) is 19.9 Å².